The Morgan fingerprint density at radius 3 is 2.40 bits per heavy atom. The van der Waals surface area contributed by atoms with E-state index in [1.54, 1.807) is 6.92 Å². The normalized spacial score (nSPS) is 12.7. The molecule has 0 aliphatic carbocycles. The maximum absolute atomic E-state index is 11.9. The molecule has 0 saturated carbocycles. The van der Waals surface area contributed by atoms with E-state index in [4.69, 9.17) is 0 Å². The Bertz CT molecular complexity index is 500. The van der Waals surface area contributed by atoms with Crippen LogP contribution < -0.4 is 10.6 Å². The molecule has 110 valence electrons. The van der Waals surface area contributed by atoms with Gasteiger partial charge in [0.15, 0.2) is 0 Å². The van der Waals surface area contributed by atoms with Crippen molar-refractivity contribution in [3.05, 3.63) is 28.7 Å². The van der Waals surface area contributed by atoms with E-state index in [1.807, 2.05) is 45.0 Å². The van der Waals surface area contributed by atoms with E-state index in [0.29, 0.717) is 0 Å². The highest BCUT2D eigenvalue weighted by Gasteiger charge is 2.20. The van der Waals surface area contributed by atoms with Crippen LogP contribution in [0.2, 0.25) is 0 Å². The predicted molar refractivity (Wildman–Crippen MR) is 85.9 cm³/mol. The molecule has 0 heterocycles. The summed E-state index contributed by atoms with van der Waals surface area (Å²) in [4.78, 5) is 24.5. The van der Waals surface area contributed by atoms with Crippen LogP contribution in [-0.4, -0.2) is 22.7 Å². The molecule has 6 heteroatoms. The molecule has 0 spiro atoms. The fourth-order valence-electron chi connectivity index (χ4n) is 1.37. The van der Waals surface area contributed by atoms with Crippen molar-refractivity contribution in [1.29, 1.82) is 0 Å². The second-order valence-corrected chi connectivity index (χ2v) is 7.62. The van der Waals surface area contributed by atoms with Crippen LogP contribution in [0.25, 0.3) is 0 Å². The summed E-state index contributed by atoms with van der Waals surface area (Å²) in [6, 6.07) is 7.19. The molecule has 0 bridgehead atoms. The van der Waals surface area contributed by atoms with Crippen molar-refractivity contribution >= 4 is 39.6 Å². The van der Waals surface area contributed by atoms with E-state index in [0.717, 1.165) is 9.37 Å². The van der Waals surface area contributed by atoms with Crippen LogP contribution in [0.3, 0.4) is 0 Å². The number of rotatable bonds is 3. The number of thioether (sulfide) groups is 1. The lowest BCUT2D eigenvalue weighted by Crippen LogP contribution is -2.49. The first-order chi connectivity index (χ1) is 9.19. The number of nitrogens with one attached hydrogen (secondary N) is 2. The Balaban J connectivity index is 2.56. The number of urea groups is 1. The minimum absolute atomic E-state index is 0.312. The number of hydrogen-bond acceptors (Lipinski definition) is 3. The molecule has 1 aromatic carbocycles. The maximum Gasteiger partial charge on any atom is 0.321 e. The van der Waals surface area contributed by atoms with Gasteiger partial charge in [-0.05, 0) is 55.8 Å². The van der Waals surface area contributed by atoms with Crippen molar-refractivity contribution in [2.75, 3.05) is 0 Å². The summed E-state index contributed by atoms with van der Waals surface area (Å²) in [5, 5.41) is 4.68. The van der Waals surface area contributed by atoms with Gasteiger partial charge in [0.1, 0.15) is 0 Å². The summed E-state index contributed by atoms with van der Waals surface area (Å²) in [7, 11) is 0. The molecule has 1 atom stereocenters. The first-order valence-corrected chi connectivity index (χ1v) is 7.90. The number of benzene rings is 1. The second kappa shape index (κ2) is 7.13. The first-order valence-electron chi connectivity index (χ1n) is 6.23. The van der Waals surface area contributed by atoms with Crippen LogP contribution in [0.1, 0.15) is 27.7 Å². The third kappa shape index (κ3) is 5.96. The standard InChI is InChI=1S/C14H19BrN2O2S/c1-9(20-11-8-6-5-7-10(11)15)12(18)16-13(19)17-14(2,3)4/h5-9H,1-4H3,(H2,16,17,18,19)/t9-/m1/s1. The molecule has 20 heavy (non-hydrogen) atoms. The van der Waals surface area contributed by atoms with E-state index >= 15 is 0 Å². The molecule has 0 aliphatic rings. The van der Waals surface area contributed by atoms with Crippen molar-refractivity contribution in [3.63, 3.8) is 0 Å². The number of carbonyl (C=O) groups is 2. The smallest absolute Gasteiger partial charge is 0.321 e. The number of imide groups is 1. The predicted octanol–water partition coefficient (Wildman–Crippen LogP) is 3.55. The van der Waals surface area contributed by atoms with E-state index in [9.17, 15) is 9.59 Å². The van der Waals surface area contributed by atoms with Gasteiger partial charge in [0.25, 0.3) is 0 Å². The highest BCUT2D eigenvalue weighted by molar-refractivity contribution is 9.10. The molecule has 4 nitrogen and oxygen atoms in total. The average molecular weight is 359 g/mol. The van der Waals surface area contributed by atoms with E-state index in [2.05, 4.69) is 26.6 Å². The summed E-state index contributed by atoms with van der Waals surface area (Å²) in [6.45, 7) is 7.34. The van der Waals surface area contributed by atoms with Gasteiger partial charge in [-0.15, -0.1) is 11.8 Å². The van der Waals surface area contributed by atoms with Crippen LogP contribution in [-0.2, 0) is 4.79 Å². The van der Waals surface area contributed by atoms with Crippen molar-refractivity contribution in [2.45, 2.75) is 43.4 Å². The minimum atomic E-state index is -0.470. The first kappa shape index (κ1) is 17.0. The van der Waals surface area contributed by atoms with Crippen LogP contribution in [0.15, 0.2) is 33.6 Å². The monoisotopic (exact) mass is 358 g/mol. The van der Waals surface area contributed by atoms with Crippen LogP contribution >= 0.6 is 27.7 Å². The lowest BCUT2D eigenvalue weighted by molar-refractivity contribution is -0.119. The Morgan fingerprint density at radius 1 is 1.25 bits per heavy atom. The molecule has 0 aliphatic heterocycles. The van der Waals surface area contributed by atoms with Gasteiger partial charge in [-0.25, -0.2) is 4.79 Å². The summed E-state index contributed by atoms with van der Waals surface area (Å²) in [5.41, 5.74) is -0.372. The Kier molecular flexibility index (Phi) is 6.07. The molecule has 1 rings (SSSR count). The zero-order chi connectivity index (χ0) is 15.3. The molecule has 2 N–H and O–H groups in total. The average Bonchev–Trinajstić information content (AvgIpc) is 2.29. The Labute approximate surface area is 132 Å². The third-order valence-electron chi connectivity index (χ3n) is 2.23. The van der Waals surface area contributed by atoms with Crippen molar-refractivity contribution in [1.82, 2.24) is 10.6 Å². The molecule has 0 radical (unpaired) electrons. The van der Waals surface area contributed by atoms with Gasteiger partial charge < -0.3 is 5.32 Å². The van der Waals surface area contributed by atoms with E-state index < -0.39 is 6.03 Å². The molecular formula is C14H19BrN2O2S. The van der Waals surface area contributed by atoms with Gasteiger partial charge in [-0.2, -0.15) is 0 Å². The largest absolute Gasteiger partial charge is 0.333 e. The third-order valence-corrected chi connectivity index (χ3v) is 4.37. The Hall–Kier alpha value is -1.01. The van der Waals surface area contributed by atoms with Gasteiger partial charge in [0.2, 0.25) is 5.91 Å². The zero-order valence-electron chi connectivity index (χ0n) is 12.0. The second-order valence-electron chi connectivity index (χ2n) is 5.38. The fourth-order valence-corrected chi connectivity index (χ4v) is 2.82. The Morgan fingerprint density at radius 2 is 1.85 bits per heavy atom. The summed E-state index contributed by atoms with van der Waals surface area (Å²) in [6.07, 6.45) is 0. The quantitative estimate of drug-likeness (QED) is 0.812. The molecule has 3 amide bonds. The SMILES string of the molecule is C[C@@H](Sc1ccccc1Br)C(=O)NC(=O)NC(C)(C)C. The van der Waals surface area contributed by atoms with Gasteiger partial charge in [-0.3, -0.25) is 10.1 Å². The fraction of sp³-hybridized carbons (Fsp3) is 0.429. The van der Waals surface area contributed by atoms with Gasteiger partial charge in [-0.1, -0.05) is 12.1 Å². The van der Waals surface area contributed by atoms with Crippen molar-refractivity contribution in [3.8, 4) is 0 Å². The van der Waals surface area contributed by atoms with Crippen molar-refractivity contribution in [2.24, 2.45) is 0 Å². The summed E-state index contributed by atoms with van der Waals surface area (Å²) < 4.78 is 0.934. The summed E-state index contributed by atoms with van der Waals surface area (Å²) in [5.74, 6) is -0.312. The summed E-state index contributed by atoms with van der Waals surface area (Å²) >= 11 is 4.83. The van der Waals surface area contributed by atoms with Crippen molar-refractivity contribution < 1.29 is 9.59 Å². The van der Waals surface area contributed by atoms with Gasteiger partial charge >= 0.3 is 6.03 Å². The number of hydrogen-bond donors (Lipinski definition) is 2. The zero-order valence-corrected chi connectivity index (χ0v) is 14.4. The highest BCUT2D eigenvalue weighted by Crippen LogP contribution is 2.30. The molecular weight excluding hydrogens is 340 g/mol. The van der Waals surface area contributed by atoms with Crippen LogP contribution in [0.5, 0.6) is 0 Å². The number of amides is 3. The lowest BCUT2D eigenvalue weighted by atomic mass is 10.1. The molecule has 0 saturated heterocycles. The lowest BCUT2D eigenvalue weighted by Gasteiger charge is -2.21. The maximum atomic E-state index is 11.9. The van der Waals surface area contributed by atoms with Gasteiger partial charge in [0, 0.05) is 14.9 Å². The molecule has 1 aromatic rings. The highest BCUT2D eigenvalue weighted by atomic mass is 79.9. The van der Waals surface area contributed by atoms with Gasteiger partial charge in [0.05, 0.1) is 5.25 Å². The molecule has 0 unspecified atom stereocenters. The molecule has 0 fully saturated rings. The number of halogens is 1. The molecule has 0 aromatic heterocycles. The number of carbonyl (C=O) groups excluding carboxylic acids is 2. The van der Waals surface area contributed by atoms with E-state index in [-0.39, 0.29) is 16.7 Å². The topological polar surface area (TPSA) is 58.2 Å². The van der Waals surface area contributed by atoms with Crippen LogP contribution in [0.4, 0.5) is 4.79 Å². The van der Waals surface area contributed by atoms with Crippen LogP contribution in [0, 0.1) is 0 Å². The van der Waals surface area contributed by atoms with E-state index in [1.165, 1.54) is 11.8 Å². The minimum Gasteiger partial charge on any atom is -0.333 e.